The zero-order chi connectivity index (χ0) is 22.1. The highest BCUT2D eigenvalue weighted by molar-refractivity contribution is 6.30. The number of hydrogen-bond acceptors (Lipinski definition) is 6. The van der Waals surface area contributed by atoms with Gasteiger partial charge in [0.25, 0.3) is 5.56 Å². The highest BCUT2D eigenvalue weighted by atomic mass is 16.5. The standard InChI is InChI=1S/C23H22N4O4/c1-13(2)12-31-23(30)14-7-9-15(10-8-14)27-11-18(28)19(20(27)24)21-25-17-6-4-3-5-16(17)22(29)26-21/h3-10,13,24,28H,11-12H2,1-2H3,(H,25,26,29). The van der Waals surface area contributed by atoms with E-state index in [0.29, 0.717) is 28.8 Å². The number of nitrogens with one attached hydrogen (secondary N) is 2. The highest BCUT2D eigenvalue weighted by Crippen LogP contribution is 2.30. The molecule has 3 aromatic rings. The van der Waals surface area contributed by atoms with Gasteiger partial charge in [-0.25, -0.2) is 9.78 Å². The van der Waals surface area contributed by atoms with Crippen LogP contribution in [0, 0.1) is 11.3 Å². The largest absolute Gasteiger partial charge is 0.509 e. The van der Waals surface area contributed by atoms with Crippen molar-refractivity contribution in [2.45, 2.75) is 13.8 Å². The first kappa shape index (κ1) is 20.3. The summed E-state index contributed by atoms with van der Waals surface area (Å²) in [5, 5.41) is 19.5. The lowest BCUT2D eigenvalue weighted by molar-refractivity contribution is 0.0459. The average Bonchev–Trinajstić information content (AvgIpc) is 3.06. The Morgan fingerprint density at radius 3 is 2.65 bits per heavy atom. The van der Waals surface area contributed by atoms with E-state index in [1.807, 2.05) is 13.8 Å². The van der Waals surface area contributed by atoms with Crippen molar-refractivity contribution in [1.82, 2.24) is 9.97 Å². The van der Waals surface area contributed by atoms with E-state index in [1.165, 1.54) is 0 Å². The zero-order valence-electron chi connectivity index (χ0n) is 17.2. The van der Waals surface area contributed by atoms with Gasteiger partial charge in [0.1, 0.15) is 17.4 Å². The van der Waals surface area contributed by atoms with Crippen molar-refractivity contribution in [3.63, 3.8) is 0 Å². The fraction of sp³-hybridized carbons (Fsp3) is 0.217. The summed E-state index contributed by atoms with van der Waals surface area (Å²) < 4.78 is 5.23. The number of H-pyrrole nitrogens is 1. The van der Waals surface area contributed by atoms with Crippen LogP contribution in [0.3, 0.4) is 0 Å². The Balaban J connectivity index is 1.58. The van der Waals surface area contributed by atoms with E-state index in [0.717, 1.165) is 0 Å². The molecule has 0 radical (unpaired) electrons. The predicted molar refractivity (Wildman–Crippen MR) is 119 cm³/mol. The molecule has 0 amide bonds. The number of carbonyl (C=O) groups is 1. The lowest BCUT2D eigenvalue weighted by Crippen LogP contribution is -2.26. The van der Waals surface area contributed by atoms with Crippen LogP contribution in [0.5, 0.6) is 0 Å². The second-order valence-corrected chi connectivity index (χ2v) is 7.73. The van der Waals surface area contributed by atoms with Gasteiger partial charge in [0, 0.05) is 5.69 Å². The predicted octanol–water partition coefficient (Wildman–Crippen LogP) is 3.50. The SMILES string of the molecule is CC(C)COC(=O)c1ccc(N2CC(O)=C(c3nc4ccccc4c(=O)[nH]3)C2=N)cc1. The number of benzene rings is 2. The van der Waals surface area contributed by atoms with Gasteiger partial charge in [-0.15, -0.1) is 0 Å². The zero-order valence-corrected chi connectivity index (χ0v) is 17.2. The number of aromatic amines is 1. The molecule has 0 unspecified atom stereocenters. The van der Waals surface area contributed by atoms with Gasteiger partial charge in [-0.2, -0.15) is 0 Å². The number of carbonyl (C=O) groups excluding carboxylic acids is 1. The first-order valence-corrected chi connectivity index (χ1v) is 9.90. The molecule has 1 aromatic heterocycles. The maximum atomic E-state index is 12.4. The van der Waals surface area contributed by atoms with Gasteiger partial charge >= 0.3 is 5.97 Å². The molecule has 8 nitrogen and oxygen atoms in total. The molecule has 3 N–H and O–H groups in total. The minimum Gasteiger partial charge on any atom is -0.509 e. The van der Waals surface area contributed by atoms with E-state index in [2.05, 4.69) is 9.97 Å². The van der Waals surface area contributed by atoms with Crippen LogP contribution in [0.2, 0.25) is 0 Å². The van der Waals surface area contributed by atoms with Gasteiger partial charge in [0.2, 0.25) is 0 Å². The number of fused-ring (bicyclic) bond motifs is 1. The molecule has 2 heterocycles. The minimum atomic E-state index is -0.406. The van der Waals surface area contributed by atoms with Crippen LogP contribution in [-0.4, -0.2) is 40.0 Å². The van der Waals surface area contributed by atoms with E-state index in [9.17, 15) is 14.7 Å². The Morgan fingerprint density at radius 2 is 1.94 bits per heavy atom. The number of anilines is 1. The topological polar surface area (TPSA) is 119 Å². The van der Waals surface area contributed by atoms with Crippen LogP contribution < -0.4 is 10.5 Å². The van der Waals surface area contributed by atoms with Crippen molar-refractivity contribution in [2.24, 2.45) is 5.92 Å². The number of esters is 1. The normalized spacial score (nSPS) is 14.0. The second kappa shape index (κ2) is 8.06. The Hall–Kier alpha value is -3.94. The van der Waals surface area contributed by atoms with Crippen molar-refractivity contribution < 1.29 is 14.6 Å². The molecule has 31 heavy (non-hydrogen) atoms. The molecule has 0 bridgehead atoms. The summed E-state index contributed by atoms with van der Waals surface area (Å²) >= 11 is 0. The van der Waals surface area contributed by atoms with Gasteiger partial charge < -0.3 is 19.7 Å². The molecule has 4 rings (SSSR count). The molecule has 8 heteroatoms. The van der Waals surface area contributed by atoms with Gasteiger partial charge in [0.15, 0.2) is 0 Å². The van der Waals surface area contributed by atoms with Crippen LogP contribution in [-0.2, 0) is 4.74 Å². The lowest BCUT2D eigenvalue weighted by Gasteiger charge is -2.19. The number of hydrogen-bond donors (Lipinski definition) is 3. The van der Waals surface area contributed by atoms with Crippen LogP contribution in [0.1, 0.15) is 30.0 Å². The number of para-hydroxylation sites is 1. The van der Waals surface area contributed by atoms with Crippen LogP contribution >= 0.6 is 0 Å². The van der Waals surface area contributed by atoms with Gasteiger partial charge in [-0.3, -0.25) is 10.2 Å². The molecule has 0 fully saturated rings. The Kier molecular flexibility index (Phi) is 5.29. The molecular formula is C23H22N4O4. The number of aliphatic hydroxyl groups is 1. The number of aliphatic hydroxyl groups excluding tert-OH is 1. The quantitative estimate of drug-likeness (QED) is 0.546. The summed E-state index contributed by atoms with van der Waals surface area (Å²) in [7, 11) is 0. The van der Waals surface area contributed by atoms with Crippen molar-refractivity contribution in [3.05, 3.63) is 76.0 Å². The molecule has 0 aliphatic carbocycles. The third-order valence-electron chi connectivity index (χ3n) is 4.92. The molecule has 0 saturated heterocycles. The summed E-state index contributed by atoms with van der Waals surface area (Å²) in [6.45, 7) is 4.32. The van der Waals surface area contributed by atoms with Crippen LogP contribution in [0.15, 0.2) is 59.1 Å². The van der Waals surface area contributed by atoms with E-state index < -0.39 is 5.97 Å². The van der Waals surface area contributed by atoms with Crippen molar-refractivity contribution in [1.29, 1.82) is 5.41 Å². The van der Waals surface area contributed by atoms with E-state index in [1.54, 1.807) is 53.4 Å². The van der Waals surface area contributed by atoms with Crippen molar-refractivity contribution >= 4 is 34.0 Å². The summed E-state index contributed by atoms with van der Waals surface area (Å²) in [4.78, 5) is 33.1. The van der Waals surface area contributed by atoms with Crippen molar-refractivity contribution in [3.8, 4) is 0 Å². The molecule has 2 aromatic carbocycles. The highest BCUT2D eigenvalue weighted by Gasteiger charge is 2.31. The van der Waals surface area contributed by atoms with E-state index >= 15 is 0 Å². The molecular weight excluding hydrogens is 396 g/mol. The third kappa shape index (κ3) is 3.92. The number of ether oxygens (including phenoxy) is 1. The minimum absolute atomic E-state index is 0.00562. The van der Waals surface area contributed by atoms with E-state index in [4.69, 9.17) is 10.1 Å². The number of aromatic nitrogens is 2. The molecule has 158 valence electrons. The van der Waals surface area contributed by atoms with Gasteiger partial charge in [-0.05, 0) is 42.3 Å². The smallest absolute Gasteiger partial charge is 0.338 e. The molecule has 0 saturated carbocycles. The summed E-state index contributed by atoms with van der Waals surface area (Å²) in [6, 6.07) is 13.5. The van der Waals surface area contributed by atoms with Gasteiger partial charge in [-0.1, -0.05) is 26.0 Å². The van der Waals surface area contributed by atoms with E-state index in [-0.39, 0.29) is 41.0 Å². The fourth-order valence-electron chi connectivity index (χ4n) is 3.36. The lowest BCUT2D eigenvalue weighted by atomic mass is 10.1. The first-order chi connectivity index (χ1) is 14.8. The summed E-state index contributed by atoms with van der Waals surface area (Å²) in [5.41, 5.74) is 1.35. The maximum Gasteiger partial charge on any atom is 0.338 e. The fourth-order valence-corrected chi connectivity index (χ4v) is 3.36. The summed E-state index contributed by atoms with van der Waals surface area (Å²) in [5.74, 6) is -0.0789. The molecule has 1 aliphatic rings. The first-order valence-electron chi connectivity index (χ1n) is 9.90. The summed E-state index contributed by atoms with van der Waals surface area (Å²) in [6.07, 6.45) is 0. The van der Waals surface area contributed by atoms with Crippen molar-refractivity contribution in [2.75, 3.05) is 18.1 Å². The third-order valence-corrected chi connectivity index (χ3v) is 4.92. The Bertz CT molecular complexity index is 1260. The molecule has 0 atom stereocenters. The molecule has 0 spiro atoms. The number of nitrogens with zero attached hydrogens (tertiary/aromatic N) is 2. The second-order valence-electron chi connectivity index (χ2n) is 7.73. The Morgan fingerprint density at radius 1 is 1.23 bits per heavy atom. The van der Waals surface area contributed by atoms with Gasteiger partial charge in [0.05, 0.1) is 35.2 Å². The number of rotatable bonds is 5. The number of amidine groups is 1. The molecule has 1 aliphatic heterocycles. The van der Waals surface area contributed by atoms with Crippen LogP contribution in [0.25, 0.3) is 16.5 Å². The monoisotopic (exact) mass is 418 g/mol. The Labute approximate surface area is 178 Å². The van der Waals surface area contributed by atoms with Crippen LogP contribution in [0.4, 0.5) is 5.69 Å². The maximum absolute atomic E-state index is 12.4. The average molecular weight is 418 g/mol.